The van der Waals surface area contributed by atoms with Crippen molar-refractivity contribution >= 4 is 27.4 Å². The van der Waals surface area contributed by atoms with E-state index in [1.807, 2.05) is 12.1 Å². The van der Waals surface area contributed by atoms with Crippen molar-refractivity contribution in [1.82, 2.24) is 0 Å². The van der Waals surface area contributed by atoms with Crippen molar-refractivity contribution in [3.8, 4) is 12.1 Å². The van der Waals surface area contributed by atoms with Gasteiger partial charge >= 0.3 is 0 Å². The molecule has 0 unspecified atom stereocenters. The highest BCUT2D eigenvalue weighted by atomic mass is 79.9. The van der Waals surface area contributed by atoms with Crippen molar-refractivity contribution < 1.29 is 4.79 Å². The molecule has 0 saturated heterocycles. The van der Waals surface area contributed by atoms with Crippen LogP contribution in [0.1, 0.15) is 21.5 Å². The normalized spacial score (nSPS) is 9.00. The molecule has 0 spiro atoms. The van der Waals surface area contributed by atoms with E-state index in [2.05, 4.69) is 15.9 Å². The van der Waals surface area contributed by atoms with Gasteiger partial charge in [0.2, 0.25) is 0 Å². The van der Waals surface area contributed by atoms with E-state index < -0.39 is 0 Å². The molecule has 1 aromatic rings. The highest BCUT2D eigenvalue weighted by Gasteiger charge is 2.11. The van der Waals surface area contributed by atoms with Gasteiger partial charge in [0.1, 0.15) is 12.1 Å². The second-order valence-electron chi connectivity index (χ2n) is 2.77. The minimum atomic E-state index is -0.192. The molecule has 0 atom stereocenters. The maximum Gasteiger partial charge on any atom is 0.173 e. The molecule has 0 radical (unpaired) electrons. The van der Waals surface area contributed by atoms with Crippen LogP contribution >= 0.6 is 15.9 Å². The number of anilines is 1. The molecule has 1 rings (SSSR count). The first-order valence-electron chi connectivity index (χ1n) is 3.97. The zero-order valence-corrected chi connectivity index (χ0v) is 9.21. The van der Waals surface area contributed by atoms with E-state index in [0.29, 0.717) is 5.56 Å². The molecule has 0 aliphatic rings. The number of ketones is 1. The fourth-order valence-electron chi connectivity index (χ4n) is 1.08. The van der Waals surface area contributed by atoms with Crippen LogP contribution in [0, 0.1) is 22.7 Å². The molecule has 0 bridgehead atoms. The maximum absolute atomic E-state index is 11.4. The van der Waals surface area contributed by atoms with E-state index in [-0.39, 0.29) is 27.9 Å². The smallest absolute Gasteiger partial charge is 0.173 e. The number of alkyl halides is 1. The third kappa shape index (κ3) is 2.15. The van der Waals surface area contributed by atoms with Crippen molar-refractivity contribution in [3.05, 3.63) is 28.8 Å². The molecular weight excluding hydrogens is 258 g/mol. The van der Waals surface area contributed by atoms with Crippen molar-refractivity contribution in [3.63, 3.8) is 0 Å². The van der Waals surface area contributed by atoms with Crippen LogP contribution in [0.4, 0.5) is 5.69 Å². The average molecular weight is 264 g/mol. The number of nitriles is 2. The van der Waals surface area contributed by atoms with Gasteiger partial charge in [-0.05, 0) is 12.1 Å². The Kier molecular flexibility index (Phi) is 3.43. The lowest BCUT2D eigenvalue weighted by atomic mass is 10.0. The molecule has 2 N–H and O–H groups in total. The summed E-state index contributed by atoms with van der Waals surface area (Å²) < 4.78 is 0. The fourth-order valence-corrected chi connectivity index (χ4v) is 1.40. The quantitative estimate of drug-likeness (QED) is 0.498. The monoisotopic (exact) mass is 263 g/mol. The Morgan fingerprint density at radius 1 is 1.33 bits per heavy atom. The first-order valence-corrected chi connectivity index (χ1v) is 5.09. The number of nitrogen functional groups attached to an aromatic ring is 1. The number of hydrogen-bond acceptors (Lipinski definition) is 4. The number of hydrogen-bond donors (Lipinski definition) is 1. The molecular formula is C10H6BrN3O. The summed E-state index contributed by atoms with van der Waals surface area (Å²) in [7, 11) is 0. The van der Waals surface area contributed by atoms with Crippen LogP contribution in [-0.4, -0.2) is 11.1 Å². The molecule has 74 valence electrons. The van der Waals surface area contributed by atoms with Gasteiger partial charge < -0.3 is 5.73 Å². The number of benzene rings is 1. The van der Waals surface area contributed by atoms with Gasteiger partial charge in [-0.1, -0.05) is 15.9 Å². The number of halogens is 1. The lowest BCUT2D eigenvalue weighted by molar-refractivity contribution is 0.102. The third-order valence-corrected chi connectivity index (χ3v) is 2.37. The van der Waals surface area contributed by atoms with E-state index in [1.165, 1.54) is 12.1 Å². The number of nitrogens with zero attached hydrogens (tertiary/aromatic N) is 2. The van der Waals surface area contributed by atoms with Crippen LogP contribution in [-0.2, 0) is 0 Å². The van der Waals surface area contributed by atoms with E-state index in [9.17, 15) is 4.79 Å². The van der Waals surface area contributed by atoms with Crippen LogP contribution < -0.4 is 5.73 Å². The molecule has 0 aliphatic heterocycles. The second-order valence-corrected chi connectivity index (χ2v) is 3.33. The molecule has 0 amide bonds. The van der Waals surface area contributed by atoms with Crippen LogP contribution in [0.5, 0.6) is 0 Å². The number of nitrogens with two attached hydrogens (primary N) is 1. The van der Waals surface area contributed by atoms with E-state index in [1.54, 1.807) is 0 Å². The molecule has 0 saturated carbocycles. The number of rotatable bonds is 2. The summed E-state index contributed by atoms with van der Waals surface area (Å²) in [6, 6.07) is 6.47. The second kappa shape index (κ2) is 4.59. The Morgan fingerprint density at radius 3 is 2.13 bits per heavy atom. The maximum atomic E-state index is 11.4. The summed E-state index contributed by atoms with van der Waals surface area (Å²) in [4.78, 5) is 11.4. The average Bonchev–Trinajstić information content (AvgIpc) is 2.28. The minimum absolute atomic E-state index is 0.117. The predicted molar refractivity (Wildman–Crippen MR) is 58.4 cm³/mol. The first-order chi connectivity index (χ1) is 7.13. The Hall–Kier alpha value is -1.85. The number of Topliss-reactive ketones (excluding diaryl/α,β-unsaturated/α-hetero) is 1. The summed E-state index contributed by atoms with van der Waals surface area (Å²) in [5.74, 6) is -0.192. The third-order valence-electron chi connectivity index (χ3n) is 1.86. The van der Waals surface area contributed by atoms with Crippen molar-refractivity contribution in [2.24, 2.45) is 0 Å². The van der Waals surface area contributed by atoms with Crippen molar-refractivity contribution in [1.29, 1.82) is 10.5 Å². The first kappa shape index (κ1) is 11.2. The minimum Gasteiger partial charge on any atom is -0.397 e. The summed E-state index contributed by atoms with van der Waals surface area (Å²) in [6.45, 7) is 0. The van der Waals surface area contributed by atoms with E-state index in [0.717, 1.165) is 0 Å². The van der Waals surface area contributed by atoms with Crippen LogP contribution in [0.15, 0.2) is 12.1 Å². The lowest BCUT2D eigenvalue weighted by Gasteiger charge is -2.03. The molecule has 5 heteroatoms. The zero-order chi connectivity index (χ0) is 11.4. The van der Waals surface area contributed by atoms with E-state index >= 15 is 0 Å². The molecule has 4 nitrogen and oxygen atoms in total. The van der Waals surface area contributed by atoms with Gasteiger partial charge in [-0.3, -0.25) is 4.79 Å². The zero-order valence-electron chi connectivity index (χ0n) is 7.62. The Labute approximate surface area is 95.0 Å². The Balaban J connectivity index is 3.43. The summed E-state index contributed by atoms with van der Waals surface area (Å²) in [5.41, 5.74) is 6.28. The standard InChI is InChI=1S/C10H6BrN3O/c11-3-9(15)6-1-7(4-12)10(14)8(2-6)5-13/h1-2H,3,14H2. The summed E-state index contributed by atoms with van der Waals surface area (Å²) >= 11 is 3.02. The Morgan fingerprint density at radius 2 is 1.80 bits per heavy atom. The van der Waals surface area contributed by atoms with Crippen molar-refractivity contribution in [2.45, 2.75) is 0 Å². The van der Waals surface area contributed by atoms with Gasteiger partial charge in [-0.15, -0.1) is 0 Å². The van der Waals surface area contributed by atoms with Gasteiger partial charge in [-0.2, -0.15) is 10.5 Å². The van der Waals surface area contributed by atoms with Gasteiger partial charge in [0.25, 0.3) is 0 Å². The van der Waals surface area contributed by atoms with Gasteiger partial charge in [0, 0.05) is 5.56 Å². The SMILES string of the molecule is N#Cc1cc(C(=O)CBr)cc(C#N)c1N. The lowest BCUT2D eigenvalue weighted by Crippen LogP contribution is -2.04. The van der Waals surface area contributed by atoms with Gasteiger partial charge in [0.05, 0.1) is 22.1 Å². The number of carbonyl (C=O) groups is 1. The molecule has 0 fully saturated rings. The summed E-state index contributed by atoms with van der Waals surface area (Å²) in [5, 5.41) is 17.7. The fraction of sp³-hybridized carbons (Fsp3) is 0.100. The molecule has 0 aliphatic carbocycles. The Bertz CT molecular complexity index is 461. The van der Waals surface area contributed by atoms with E-state index in [4.69, 9.17) is 16.3 Å². The molecule has 0 aromatic heterocycles. The van der Waals surface area contributed by atoms with Crippen LogP contribution in [0.25, 0.3) is 0 Å². The highest BCUT2D eigenvalue weighted by molar-refractivity contribution is 9.09. The van der Waals surface area contributed by atoms with Gasteiger partial charge in [-0.25, -0.2) is 0 Å². The largest absolute Gasteiger partial charge is 0.397 e. The molecule has 15 heavy (non-hydrogen) atoms. The topological polar surface area (TPSA) is 90.7 Å². The predicted octanol–water partition coefficient (Wildman–Crippen LogP) is 1.59. The van der Waals surface area contributed by atoms with Crippen LogP contribution in [0.2, 0.25) is 0 Å². The van der Waals surface area contributed by atoms with Crippen molar-refractivity contribution in [2.75, 3.05) is 11.1 Å². The number of carbonyl (C=O) groups excluding carboxylic acids is 1. The van der Waals surface area contributed by atoms with Crippen LogP contribution in [0.3, 0.4) is 0 Å². The molecule has 1 aromatic carbocycles. The molecule has 0 heterocycles. The summed E-state index contributed by atoms with van der Waals surface area (Å²) in [6.07, 6.45) is 0. The van der Waals surface area contributed by atoms with Gasteiger partial charge in [0.15, 0.2) is 5.78 Å². The highest BCUT2D eigenvalue weighted by Crippen LogP contribution is 2.19.